The van der Waals surface area contributed by atoms with Gasteiger partial charge in [-0.1, -0.05) is 11.3 Å². The van der Waals surface area contributed by atoms with Crippen molar-refractivity contribution in [1.29, 1.82) is 0 Å². The van der Waals surface area contributed by atoms with Crippen LogP contribution in [0.2, 0.25) is 0 Å². The summed E-state index contributed by atoms with van der Waals surface area (Å²) in [5, 5.41) is 1.78. The van der Waals surface area contributed by atoms with Gasteiger partial charge < -0.3 is 0 Å². The van der Waals surface area contributed by atoms with Crippen molar-refractivity contribution in [2.75, 3.05) is 0 Å². The Bertz CT molecular complexity index is 182. The van der Waals surface area contributed by atoms with E-state index in [9.17, 15) is 4.57 Å². The van der Waals surface area contributed by atoms with Crippen molar-refractivity contribution in [3.63, 3.8) is 0 Å². The van der Waals surface area contributed by atoms with E-state index in [2.05, 4.69) is 0 Å². The van der Waals surface area contributed by atoms with Gasteiger partial charge in [0.25, 0.3) is 4.62 Å². The number of rotatable bonds is 1. The van der Waals surface area contributed by atoms with Gasteiger partial charge in [0.2, 0.25) is 0 Å². The van der Waals surface area contributed by atoms with Gasteiger partial charge >= 0.3 is 8.03 Å². The molecule has 0 fully saturated rings. The molecule has 0 aromatic carbocycles. The smallest absolute Gasteiger partial charge is 0.156 e. The summed E-state index contributed by atoms with van der Waals surface area (Å²) in [7, 11) is -2.09. The lowest BCUT2D eigenvalue weighted by atomic mass is 10.7. The van der Waals surface area contributed by atoms with Crippen molar-refractivity contribution >= 4 is 24.0 Å². The molecule has 0 aliphatic carbocycles. The molecule has 0 saturated heterocycles. The Morgan fingerprint density at radius 3 is 2.75 bits per heavy atom. The van der Waals surface area contributed by atoms with Crippen molar-refractivity contribution in [1.82, 2.24) is 0 Å². The molecule has 1 rings (SSSR count). The maximum atomic E-state index is 10.2. The van der Waals surface area contributed by atoms with Crippen LogP contribution in [0.4, 0.5) is 0 Å². The van der Waals surface area contributed by atoms with Crippen LogP contribution < -0.4 is 4.62 Å². The summed E-state index contributed by atoms with van der Waals surface area (Å²) in [6.07, 6.45) is 0. The molecule has 0 aliphatic rings. The number of hydrogen-bond donors (Lipinski definition) is 1. The van der Waals surface area contributed by atoms with E-state index in [1.165, 1.54) is 11.3 Å². The van der Waals surface area contributed by atoms with Gasteiger partial charge in [0.05, 0.1) is 0 Å². The van der Waals surface area contributed by atoms with Crippen LogP contribution in [0.1, 0.15) is 0 Å². The topological polar surface area (TPSA) is 37.3 Å². The molecule has 0 amide bonds. The third kappa shape index (κ3) is 1.13. The second-order valence-electron chi connectivity index (χ2n) is 1.22. The van der Waals surface area contributed by atoms with E-state index >= 15 is 0 Å². The molecule has 1 N–H and O–H groups in total. The SMILES string of the molecule is O=[P+](O)c1cccs1. The van der Waals surface area contributed by atoms with E-state index in [4.69, 9.17) is 4.89 Å². The molecule has 1 atom stereocenters. The molecule has 8 heavy (non-hydrogen) atoms. The molecule has 42 valence electrons. The van der Waals surface area contributed by atoms with Crippen molar-refractivity contribution in [3.8, 4) is 0 Å². The Kier molecular flexibility index (Phi) is 1.73. The normalized spacial score (nSPS) is 11.4. The second kappa shape index (κ2) is 2.35. The average molecular weight is 147 g/mol. The molecule has 0 radical (unpaired) electrons. The fraction of sp³-hybridized carbons (Fsp3) is 0. The maximum Gasteiger partial charge on any atom is 0.557 e. The maximum absolute atomic E-state index is 10.2. The Labute approximate surface area is 51.7 Å². The monoisotopic (exact) mass is 147 g/mol. The molecule has 0 spiro atoms. The van der Waals surface area contributed by atoms with Gasteiger partial charge in [-0.25, -0.2) is 0 Å². The van der Waals surface area contributed by atoms with E-state index in [0.717, 1.165) is 0 Å². The zero-order chi connectivity index (χ0) is 5.98. The Morgan fingerprint density at radius 1 is 1.75 bits per heavy atom. The van der Waals surface area contributed by atoms with Gasteiger partial charge in [-0.3, -0.25) is 0 Å². The highest BCUT2D eigenvalue weighted by Crippen LogP contribution is 2.15. The van der Waals surface area contributed by atoms with Crippen LogP contribution in [0.15, 0.2) is 17.5 Å². The molecule has 1 aromatic rings. The van der Waals surface area contributed by atoms with Crippen LogP contribution in [0.5, 0.6) is 0 Å². The van der Waals surface area contributed by atoms with Crippen molar-refractivity contribution < 1.29 is 9.46 Å². The lowest BCUT2D eigenvalue weighted by molar-refractivity contribution is 0.514. The van der Waals surface area contributed by atoms with E-state index in [1.807, 2.05) is 0 Å². The van der Waals surface area contributed by atoms with Gasteiger partial charge in [0.15, 0.2) is 0 Å². The summed E-state index contributed by atoms with van der Waals surface area (Å²) < 4.78 is 10.8. The lowest BCUT2D eigenvalue weighted by Gasteiger charge is -1.61. The highest BCUT2D eigenvalue weighted by atomic mass is 32.1. The third-order valence-electron chi connectivity index (χ3n) is 0.695. The van der Waals surface area contributed by atoms with Crippen LogP contribution in [-0.4, -0.2) is 4.89 Å². The van der Waals surface area contributed by atoms with Crippen LogP contribution in [0, 0.1) is 0 Å². The Balaban J connectivity index is 2.93. The van der Waals surface area contributed by atoms with Crippen LogP contribution >= 0.6 is 19.4 Å². The quantitative estimate of drug-likeness (QED) is 0.604. The molecule has 4 heteroatoms. The zero-order valence-electron chi connectivity index (χ0n) is 3.94. The fourth-order valence-electron chi connectivity index (χ4n) is 0.379. The molecular formula is C4H4O2PS+. The Hall–Kier alpha value is -0.240. The summed E-state index contributed by atoms with van der Waals surface area (Å²) in [6, 6.07) is 3.40. The minimum atomic E-state index is -2.09. The number of hydrogen-bond acceptors (Lipinski definition) is 2. The number of thiophene rings is 1. The van der Waals surface area contributed by atoms with Crippen LogP contribution in [-0.2, 0) is 4.57 Å². The van der Waals surface area contributed by atoms with Crippen LogP contribution in [0.3, 0.4) is 0 Å². The second-order valence-corrected chi connectivity index (χ2v) is 3.50. The molecule has 0 aliphatic heterocycles. The van der Waals surface area contributed by atoms with Crippen molar-refractivity contribution in [3.05, 3.63) is 17.5 Å². The lowest BCUT2D eigenvalue weighted by Crippen LogP contribution is -1.81. The highest BCUT2D eigenvalue weighted by molar-refractivity contribution is 7.56. The Morgan fingerprint density at radius 2 is 2.50 bits per heavy atom. The third-order valence-corrected chi connectivity index (χ3v) is 2.68. The van der Waals surface area contributed by atoms with E-state index < -0.39 is 8.03 Å². The fourth-order valence-corrected chi connectivity index (χ4v) is 1.59. The molecule has 1 aromatic heterocycles. The van der Waals surface area contributed by atoms with Crippen LogP contribution in [0.25, 0.3) is 0 Å². The van der Waals surface area contributed by atoms with Gasteiger partial charge in [0.1, 0.15) is 0 Å². The van der Waals surface area contributed by atoms with Gasteiger partial charge in [0, 0.05) is 6.07 Å². The first-order valence-corrected chi connectivity index (χ1v) is 4.09. The summed E-state index contributed by atoms with van der Waals surface area (Å²) >= 11 is 1.30. The largest absolute Gasteiger partial charge is 0.557 e. The molecular weight excluding hydrogens is 143 g/mol. The summed E-state index contributed by atoms with van der Waals surface area (Å²) in [4.78, 5) is 8.43. The van der Waals surface area contributed by atoms with E-state index in [-0.39, 0.29) is 0 Å². The van der Waals surface area contributed by atoms with Crippen molar-refractivity contribution in [2.45, 2.75) is 0 Å². The van der Waals surface area contributed by atoms with Gasteiger partial charge in [-0.15, -0.1) is 0 Å². The first-order chi connectivity index (χ1) is 3.80. The molecule has 1 heterocycles. The zero-order valence-corrected chi connectivity index (χ0v) is 5.65. The standard InChI is InChI=1S/C4H3O2PS/c5-7(6)4-2-1-3-8-4/h1-3H/p+1. The first kappa shape index (κ1) is 5.89. The highest BCUT2D eigenvalue weighted by Gasteiger charge is 2.15. The molecule has 0 saturated carbocycles. The molecule has 0 bridgehead atoms. The summed E-state index contributed by atoms with van der Waals surface area (Å²) in [6.45, 7) is 0. The first-order valence-electron chi connectivity index (χ1n) is 2.00. The molecule has 1 unspecified atom stereocenters. The predicted octanol–water partition coefficient (Wildman–Crippen LogP) is 1.11. The summed E-state index contributed by atoms with van der Waals surface area (Å²) in [5.41, 5.74) is 0. The minimum Gasteiger partial charge on any atom is -0.156 e. The predicted molar refractivity (Wildman–Crippen MR) is 33.8 cm³/mol. The average Bonchev–Trinajstić information content (AvgIpc) is 2.12. The molecule has 2 nitrogen and oxygen atoms in total. The summed E-state index contributed by atoms with van der Waals surface area (Å²) in [5.74, 6) is 0. The van der Waals surface area contributed by atoms with Crippen molar-refractivity contribution in [2.24, 2.45) is 0 Å². The van der Waals surface area contributed by atoms with Gasteiger partial charge in [-0.05, 0) is 16.0 Å². The minimum absolute atomic E-state index is 0.542. The van der Waals surface area contributed by atoms with E-state index in [0.29, 0.717) is 4.62 Å². The van der Waals surface area contributed by atoms with E-state index in [1.54, 1.807) is 17.5 Å². The van der Waals surface area contributed by atoms with Gasteiger partial charge in [-0.2, -0.15) is 4.89 Å².